The maximum atomic E-state index is 13.2. The molecule has 14 nitrogen and oxygen atoms in total. The molecular weight excluding hydrogens is 578 g/mol. The van der Waals surface area contributed by atoms with Gasteiger partial charge in [-0.15, -0.1) is 0 Å². The molecule has 0 aromatic heterocycles. The molecule has 1 aliphatic heterocycles. The number of para-hydroxylation sites is 2. The van der Waals surface area contributed by atoms with Crippen LogP contribution in [0.1, 0.15) is 50.8 Å². The summed E-state index contributed by atoms with van der Waals surface area (Å²) in [5, 5.41) is 23.5. The Hall–Kier alpha value is -4.85. The van der Waals surface area contributed by atoms with Crippen LogP contribution in [0.2, 0.25) is 0 Å². The number of likely N-dealkylation sites (tertiary alicyclic amines) is 1. The molecular formula is C30H35N3O11. The van der Waals surface area contributed by atoms with E-state index in [-0.39, 0.29) is 67.2 Å². The van der Waals surface area contributed by atoms with E-state index in [1.807, 2.05) is 0 Å². The number of rotatable bonds is 13. The number of amides is 1. The van der Waals surface area contributed by atoms with Crippen molar-refractivity contribution in [3.05, 3.63) is 92.0 Å². The minimum atomic E-state index is -1.43. The molecule has 0 N–H and O–H groups in total. The molecule has 0 bridgehead atoms. The van der Waals surface area contributed by atoms with E-state index in [4.69, 9.17) is 18.9 Å². The Bertz CT molecular complexity index is 1330. The molecule has 2 atom stereocenters. The molecule has 0 saturated carbocycles. The highest BCUT2D eigenvalue weighted by Gasteiger charge is 2.35. The van der Waals surface area contributed by atoms with E-state index in [0.29, 0.717) is 0 Å². The summed E-state index contributed by atoms with van der Waals surface area (Å²) in [6.45, 7) is 8.80. The van der Waals surface area contributed by atoms with Crippen LogP contribution in [-0.2, 0) is 28.5 Å². The Balaban J connectivity index is 1.59. The fourth-order valence-electron chi connectivity index (χ4n) is 4.50. The molecule has 2 aromatic carbocycles. The van der Waals surface area contributed by atoms with E-state index in [9.17, 15) is 34.6 Å². The largest absolute Gasteiger partial charge is 0.463 e. The van der Waals surface area contributed by atoms with Gasteiger partial charge in [0.25, 0.3) is 11.4 Å². The lowest BCUT2D eigenvalue weighted by molar-refractivity contribution is -0.387. The molecule has 1 saturated heterocycles. The first-order valence-electron chi connectivity index (χ1n) is 14.0. The Kier molecular flexibility index (Phi) is 11.9. The van der Waals surface area contributed by atoms with E-state index in [2.05, 4.69) is 6.58 Å². The molecule has 1 aliphatic rings. The molecule has 3 rings (SSSR count). The maximum Gasteiger partial charge on any atom is 0.410 e. The zero-order valence-electron chi connectivity index (χ0n) is 24.7. The number of ether oxygens (including phenoxy) is 4. The quantitative estimate of drug-likeness (QED) is 0.0987. The first-order valence-corrected chi connectivity index (χ1v) is 14.0. The topological polar surface area (TPSA) is 178 Å². The number of hydrogen-bond donors (Lipinski definition) is 0. The number of nitro benzene ring substituents is 2. The smallest absolute Gasteiger partial charge is 0.410 e. The van der Waals surface area contributed by atoms with Crippen LogP contribution in [0.25, 0.3) is 0 Å². The molecule has 1 fully saturated rings. The van der Waals surface area contributed by atoms with E-state index < -0.39 is 52.1 Å². The molecule has 236 valence electrons. The van der Waals surface area contributed by atoms with Crippen molar-refractivity contribution in [2.45, 2.75) is 51.9 Å². The minimum absolute atomic E-state index is 0.0154. The highest BCUT2D eigenvalue weighted by atomic mass is 16.6. The van der Waals surface area contributed by atoms with E-state index in [1.54, 1.807) is 20.8 Å². The fraction of sp³-hybridized carbons (Fsp3) is 0.433. The zero-order chi connectivity index (χ0) is 32.4. The van der Waals surface area contributed by atoms with E-state index >= 15 is 0 Å². The molecule has 14 heteroatoms. The van der Waals surface area contributed by atoms with Gasteiger partial charge < -0.3 is 23.8 Å². The van der Waals surface area contributed by atoms with Gasteiger partial charge in [-0.1, -0.05) is 30.8 Å². The molecule has 1 amide bonds. The molecule has 0 spiro atoms. The lowest BCUT2D eigenvalue weighted by atomic mass is 9.97. The Morgan fingerprint density at radius 1 is 0.886 bits per heavy atom. The van der Waals surface area contributed by atoms with E-state index in [0.717, 1.165) is 0 Å². The molecule has 44 heavy (non-hydrogen) atoms. The lowest BCUT2D eigenvalue weighted by Gasteiger charge is -2.31. The summed E-state index contributed by atoms with van der Waals surface area (Å²) in [5.74, 6) is -1.45. The van der Waals surface area contributed by atoms with Gasteiger partial charge in [-0.25, -0.2) is 9.59 Å². The second-order valence-electron chi connectivity index (χ2n) is 10.4. The van der Waals surface area contributed by atoms with Crippen LogP contribution in [0.15, 0.2) is 60.7 Å². The zero-order valence-corrected chi connectivity index (χ0v) is 24.7. The predicted molar refractivity (Wildman–Crippen MR) is 156 cm³/mol. The molecule has 2 aromatic rings. The van der Waals surface area contributed by atoms with E-state index in [1.165, 1.54) is 53.4 Å². The van der Waals surface area contributed by atoms with Crippen LogP contribution in [-0.4, -0.2) is 71.3 Å². The number of nitrogens with zero attached hydrogens (tertiary/aromatic N) is 3. The van der Waals surface area contributed by atoms with Crippen molar-refractivity contribution >= 4 is 29.4 Å². The van der Waals surface area contributed by atoms with Crippen LogP contribution in [0.4, 0.5) is 16.2 Å². The Labute approximate surface area is 253 Å². The number of carbonyl (C=O) groups excluding carboxylic acids is 3. The molecule has 2 unspecified atom stereocenters. The van der Waals surface area contributed by atoms with Crippen LogP contribution in [0.3, 0.4) is 0 Å². The van der Waals surface area contributed by atoms with Crippen molar-refractivity contribution in [3.8, 4) is 0 Å². The first-order chi connectivity index (χ1) is 20.9. The van der Waals surface area contributed by atoms with Gasteiger partial charge in [0.2, 0.25) is 0 Å². The highest BCUT2D eigenvalue weighted by Crippen LogP contribution is 2.37. The standard InChI is InChI=1S/C30H35N3O11/c1-19(2)28(34)43-21(4)18-41-20(3)17-42-29(35)22-13-15-31(16-14-22)30(36)44-27(23-9-5-7-11-25(23)32(37)38)24-10-6-8-12-26(24)33(39)40/h5-12,20-22,27H,1,13-18H2,2-4H3. The summed E-state index contributed by atoms with van der Waals surface area (Å²) >= 11 is 0. The number of benzene rings is 2. The van der Waals surface area contributed by atoms with Gasteiger partial charge in [-0.2, -0.15) is 0 Å². The number of hydrogen-bond acceptors (Lipinski definition) is 11. The van der Waals surface area contributed by atoms with Gasteiger partial charge in [0, 0.05) is 30.8 Å². The van der Waals surface area contributed by atoms with Crippen LogP contribution in [0.5, 0.6) is 0 Å². The average Bonchev–Trinajstić information content (AvgIpc) is 3.01. The summed E-state index contributed by atoms with van der Waals surface area (Å²) in [7, 11) is 0. The number of piperidine rings is 1. The number of nitro groups is 2. The van der Waals surface area contributed by atoms with Crippen molar-refractivity contribution in [3.63, 3.8) is 0 Å². The third-order valence-corrected chi connectivity index (χ3v) is 6.87. The normalized spacial score (nSPS) is 14.8. The van der Waals surface area contributed by atoms with Gasteiger partial charge in [-0.3, -0.25) is 25.0 Å². The summed E-state index contributed by atoms with van der Waals surface area (Å²) in [4.78, 5) is 61.0. The summed E-state index contributed by atoms with van der Waals surface area (Å²) in [5.41, 5.74) is -0.467. The number of carbonyl (C=O) groups is 3. The first kappa shape index (κ1) is 33.6. The van der Waals surface area contributed by atoms with Crippen molar-refractivity contribution < 1.29 is 43.2 Å². The van der Waals surface area contributed by atoms with Crippen LogP contribution >= 0.6 is 0 Å². The van der Waals surface area contributed by atoms with Gasteiger partial charge in [-0.05, 0) is 45.7 Å². The van der Waals surface area contributed by atoms with Crippen molar-refractivity contribution in [2.24, 2.45) is 5.92 Å². The average molecular weight is 614 g/mol. The monoisotopic (exact) mass is 613 g/mol. The van der Waals surface area contributed by atoms with Gasteiger partial charge in [0.1, 0.15) is 12.7 Å². The van der Waals surface area contributed by atoms with Crippen molar-refractivity contribution in [2.75, 3.05) is 26.3 Å². The minimum Gasteiger partial charge on any atom is -0.463 e. The third-order valence-electron chi connectivity index (χ3n) is 6.87. The summed E-state index contributed by atoms with van der Waals surface area (Å²) in [6, 6.07) is 11.1. The second kappa shape index (κ2) is 15.6. The summed E-state index contributed by atoms with van der Waals surface area (Å²) in [6.07, 6.45) is -2.68. The van der Waals surface area contributed by atoms with Gasteiger partial charge >= 0.3 is 18.0 Å². The third kappa shape index (κ3) is 9.07. The Morgan fingerprint density at radius 3 is 1.91 bits per heavy atom. The summed E-state index contributed by atoms with van der Waals surface area (Å²) < 4.78 is 21.8. The molecule has 0 radical (unpaired) electrons. The van der Waals surface area contributed by atoms with Crippen LogP contribution < -0.4 is 0 Å². The van der Waals surface area contributed by atoms with Crippen molar-refractivity contribution in [1.82, 2.24) is 4.90 Å². The van der Waals surface area contributed by atoms with Crippen molar-refractivity contribution in [1.29, 1.82) is 0 Å². The molecule has 0 aliphatic carbocycles. The van der Waals surface area contributed by atoms with Gasteiger partial charge in [0.15, 0.2) is 6.10 Å². The SMILES string of the molecule is C=C(C)C(=O)OC(C)COC(C)COC(=O)C1CCN(C(=O)OC(c2ccccc2[N+](=O)[O-])c2ccccc2[N+](=O)[O-])CC1. The highest BCUT2D eigenvalue weighted by molar-refractivity contribution is 5.87. The Morgan fingerprint density at radius 2 is 1.41 bits per heavy atom. The number of esters is 2. The molecule has 1 heterocycles. The van der Waals surface area contributed by atoms with Gasteiger partial charge in [0.05, 0.1) is 39.6 Å². The van der Waals surface area contributed by atoms with Crippen LogP contribution in [0, 0.1) is 26.1 Å². The predicted octanol–water partition coefficient (Wildman–Crippen LogP) is 4.90. The second-order valence-corrected chi connectivity index (χ2v) is 10.4. The fourth-order valence-corrected chi connectivity index (χ4v) is 4.50. The lowest BCUT2D eigenvalue weighted by Crippen LogP contribution is -2.41. The maximum absolute atomic E-state index is 13.2.